The van der Waals surface area contributed by atoms with E-state index >= 15 is 0 Å². The van der Waals surface area contributed by atoms with Crippen LogP contribution in [0.4, 0.5) is 5.82 Å². The van der Waals surface area contributed by atoms with Gasteiger partial charge in [-0.15, -0.1) is 0 Å². The molecule has 0 spiro atoms. The molecule has 0 atom stereocenters. The van der Waals surface area contributed by atoms with Gasteiger partial charge in [-0.3, -0.25) is 19.4 Å². The Kier molecular flexibility index (Phi) is 4.14. The van der Waals surface area contributed by atoms with Crippen LogP contribution in [-0.2, 0) is 7.05 Å². The van der Waals surface area contributed by atoms with Crippen molar-refractivity contribution in [2.75, 3.05) is 31.1 Å². The lowest BCUT2D eigenvalue weighted by Crippen LogP contribution is -2.49. The van der Waals surface area contributed by atoms with Crippen molar-refractivity contribution >= 4 is 22.8 Å². The maximum absolute atomic E-state index is 13.1. The quantitative estimate of drug-likeness (QED) is 0.713. The molecule has 1 fully saturated rings. The maximum atomic E-state index is 13.1. The molecule has 140 valence electrons. The summed E-state index contributed by atoms with van der Waals surface area (Å²) in [4.78, 5) is 42.3. The fourth-order valence-electron chi connectivity index (χ4n) is 3.48. The largest absolute Gasteiger partial charge is 0.353 e. The summed E-state index contributed by atoms with van der Waals surface area (Å²) in [6.07, 6.45) is 1.74. The van der Waals surface area contributed by atoms with E-state index in [-0.39, 0.29) is 11.5 Å². The SMILES string of the molecule is Cc1cc(C(=O)N2CCN(c3ccnc(C)n3)CC2)c2c(=O)[nH]n(C)c2n1. The van der Waals surface area contributed by atoms with Gasteiger partial charge in [0, 0.05) is 45.1 Å². The Morgan fingerprint density at radius 3 is 2.59 bits per heavy atom. The molecule has 0 saturated carbocycles. The second-order valence-corrected chi connectivity index (χ2v) is 6.75. The van der Waals surface area contributed by atoms with E-state index in [0.717, 1.165) is 11.6 Å². The molecule has 9 nitrogen and oxygen atoms in total. The molecule has 1 amide bonds. The van der Waals surface area contributed by atoms with Crippen LogP contribution in [0.1, 0.15) is 21.9 Å². The number of fused-ring (bicyclic) bond motifs is 1. The minimum Gasteiger partial charge on any atom is -0.353 e. The summed E-state index contributed by atoms with van der Waals surface area (Å²) in [5, 5.41) is 3.03. The van der Waals surface area contributed by atoms with Gasteiger partial charge in [-0.2, -0.15) is 0 Å². The van der Waals surface area contributed by atoms with Crippen LogP contribution < -0.4 is 10.5 Å². The number of amides is 1. The van der Waals surface area contributed by atoms with Crippen LogP contribution in [0.25, 0.3) is 11.0 Å². The maximum Gasteiger partial charge on any atom is 0.274 e. The number of hydrogen-bond acceptors (Lipinski definition) is 6. The Labute approximate surface area is 155 Å². The van der Waals surface area contributed by atoms with Crippen molar-refractivity contribution in [2.45, 2.75) is 13.8 Å². The number of nitrogens with zero attached hydrogens (tertiary/aromatic N) is 6. The Bertz CT molecular complexity index is 1080. The summed E-state index contributed by atoms with van der Waals surface area (Å²) in [5.74, 6) is 1.46. The van der Waals surface area contributed by atoms with Crippen LogP contribution in [0, 0.1) is 13.8 Å². The fraction of sp³-hybridized carbons (Fsp3) is 0.389. The molecule has 3 aromatic heterocycles. The lowest BCUT2D eigenvalue weighted by molar-refractivity contribution is 0.0748. The van der Waals surface area contributed by atoms with Gasteiger partial charge in [0.2, 0.25) is 0 Å². The van der Waals surface area contributed by atoms with Gasteiger partial charge in [0.25, 0.3) is 11.5 Å². The first-order valence-electron chi connectivity index (χ1n) is 8.84. The Morgan fingerprint density at radius 1 is 1.15 bits per heavy atom. The third-order valence-corrected chi connectivity index (χ3v) is 4.83. The van der Waals surface area contributed by atoms with Crippen LogP contribution in [0.2, 0.25) is 0 Å². The number of aromatic nitrogens is 5. The molecule has 9 heteroatoms. The molecule has 3 aromatic rings. The number of hydrogen-bond donors (Lipinski definition) is 1. The van der Waals surface area contributed by atoms with E-state index in [1.54, 1.807) is 28.9 Å². The highest BCUT2D eigenvalue weighted by Crippen LogP contribution is 2.19. The van der Waals surface area contributed by atoms with Crippen LogP contribution in [-0.4, -0.2) is 61.7 Å². The van der Waals surface area contributed by atoms with E-state index in [9.17, 15) is 9.59 Å². The normalized spacial score (nSPS) is 14.8. The molecule has 0 unspecified atom stereocenters. The van der Waals surface area contributed by atoms with E-state index in [1.165, 1.54) is 0 Å². The Hall–Kier alpha value is -3.23. The average Bonchev–Trinajstić information content (AvgIpc) is 2.94. The molecule has 0 radical (unpaired) electrons. The molecular formula is C18H21N7O2. The molecule has 4 rings (SSSR count). The van der Waals surface area contributed by atoms with Crippen molar-refractivity contribution in [2.24, 2.45) is 7.05 Å². The standard InChI is InChI=1S/C18H21N7O2/c1-11-10-13(15-16(20-11)23(3)22-17(15)26)18(27)25-8-6-24(7-9-25)14-4-5-19-12(2)21-14/h4-5,10H,6-9H2,1-3H3,(H,22,26). The number of anilines is 1. The number of piperazine rings is 1. The van der Waals surface area contributed by atoms with Crippen molar-refractivity contribution in [1.82, 2.24) is 29.6 Å². The highest BCUT2D eigenvalue weighted by atomic mass is 16.2. The molecule has 0 aliphatic carbocycles. The monoisotopic (exact) mass is 367 g/mol. The summed E-state index contributed by atoms with van der Waals surface area (Å²) >= 11 is 0. The zero-order chi connectivity index (χ0) is 19.1. The molecule has 0 bridgehead atoms. The van der Waals surface area contributed by atoms with Gasteiger partial charge in [-0.1, -0.05) is 0 Å². The van der Waals surface area contributed by atoms with Crippen molar-refractivity contribution in [3.8, 4) is 0 Å². The summed E-state index contributed by atoms with van der Waals surface area (Å²) in [6, 6.07) is 3.57. The van der Waals surface area contributed by atoms with E-state index < -0.39 is 0 Å². The number of aromatic amines is 1. The number of pyridine rings is 1. The topological polar surface area (TPSA) is 100 Å². The smallest absolute Gasteiger partial charge is 0.274 e. The molecule has 1 aliphatic heterocycles. The van der Waals surface area contributed by atoms with Gasteiger partial charge in [-0.05, 0) is 26.0 Å². The van der Waals surface area contributed by atoms with Gasteiger partial charge in [0.05, 0.1) is 10.9 Å². The highest BCUT2D eigenvalue weighted by molar-refractivity contribution is 6.05. The highest BCUT2D eigenvalue weighted by Gasteiger charge is 2.26. The van der Waals surface area contributed by atoms with Gasteiger partial charge < -0.3 is 9.80 Å². The second kappa shape index (κ2) is 6.49. The molecule has 0 aromatic carbocycles. The van der Waals surface area contributed by atoms with Crippen molar-refractivity contribution in [1.29, 1.82) is 0 Å². The van der Waals surface area contributed by atoms with Crippen LogP contribution >= 0.6 is 0 Å². The molecule has 1 aliphatic rings. The molecule has 1 saturated heterocycles. The Morgan fingerprint density at radius 2 is 1.89 bits per heavy atom. The zero-order valence-electron chi connectivity index (χ0n) is 15.6. The number of H-pyrrole nitrogens is 1. The van der Waals surface area contributed by atoms with Gasteiger partial charge in [-0.25, -0.2) is 15.0 Å². The van der Waals surface area contributed by atoms with E-state index in [0.29, 0.717) is 48.5 Å². The van der Waals surface area contributed by atoms with Crippen molar-refractivity contribution < 1.29 is 4.79 Å². The van der Waals surface area contributed by atoms with Crippen LogP contribution in [0.3, 0.4) is 0 Å². The minimum absolute atomic E-state index is 0.138. The second-order valence-electron chi connectivity index (χ2n) is 6.75. The minimum atomic E-state index is -0.293. The summed E-state index contributed by atoms with van der Waals surface area (Å²) in [7, 11) is 1.72. The third kappa shape index (κ3) is 3.05. The first-order valence-corrected chi connectivity index (χ1v) is 8.84. The third-order valence-electron chi connectivity index (χ3n) is 4.83. The number of nitrogens with one attached hydrogen (secondary N) is 1. The first-order chi connectivity index (χ1) is 12.9. The molecular weight excluding hydrogens is 346 g/mol. The summed E-state index contributed by atoms with van der Waals surface area (Å²) in [5.41, 5.74) is 1.32. The predicted octanol–water partition coefficient (Wildman–Crippen LogP) is 0.631. The van der Waals surface area contributed by atoms with Crippen LogP contribution in [0.5, 0.6) is 0 Å². The number of carbonyl (C=O) groups is 1. The van der Waals surface area contributed by atoms with E-state index in [4.69, 9.17) is 0 Å². The number of carbonyl (C=O) groups excluding carboxylic acids is 1. The van der Waals surface area contributed by atoms with Gasteiger partial charge in [0.15, 0.2) is 5.65 Å². The van der Waals surface area contributed by atoms with Crippen molar-refractivity contribution in [3.05, 3.63) is 45.8 Å². The first kappa shape index (κ1) is 17.2. The van der Waals surface area contributed by atoms with E-state index in [1.807, 2.05) is 19.9 Å². The lowest BCUT2D eigenvalue weighted by atomic mass is 10.1. The molecule has 27 heavy (non-hydrogen) atoms. The number of aryl methyl sites for hydroxylation is 3. The zero-order valence-corrected chi connectivity index (χ0v) is 15.6. The fourth-order valence-corrected chi connectivity index (χ4v) is 3.48. The Balaban J connectivity index is 1.58. The van der Waals surface area contributed by atoms with Gasteiger partial charge >= 0.3 is 0 Å². The van der Waals surface area contributed by atoms with Crippen molar-refractivity contribution in [3.63, 3.8) is 0 Å². The lowest BCUT2D eigenvalue weighted by Gasteiger charge is -2.35. The number of rotatable bonds is 2. The van der Waals surface area contributed by atoms with E-state index in [2.05, 4.69) is 25.0 Å². The van der Waals surface area contributed by atoms with Crippen LogP contribution in [0.15, 0.2) is 23.1 Å². The molecule has 1 N–H and O–H groups in total. The summed E-state index contributed by atoms with van der Waals surface area (Å²) in [6.45, 7) is 6.17. The predicted molar refractivity (Wildman–Crippen MR) is 101 cm³/mol. The molecule has 4 heterocycles. The van der Waals surface area contributed by atoms with Gasteiger partial charge in [0.1, 0.15) is 11.6 Å². The average molecular weight is 367 g/mol. The summed E-state index contributed by atoms with van der Waals surface area (Å²) < 4.78 is 1.55.